The van der Waals surface area contributed by atoms with E-state index in [9.17, 15) is 0 Å². The molecule has 128 valence electrons. The first-order chi connectivity index (χ1) is 12.2. The molecule has 0 aliphatic rings. The Hall–Kier alpha value is -2.68. The van der Waals surface area contributed by atoms with Crippen LogP contribution < -0.4 is 5.01 Å². The van der Waals surface area contributed by atoms with Crippen LogP contribution >= 0.6 is 0 Å². The average Bonchev–Trinajstić information content (AvgIpc) is 3.25. The van der Waals surface area contributed by atoms with Crippen molar-refractivity contribution >= 4 is 21.8 Å². The molecule has 3 nitrogen and oxygen atoms in total. The van der Waals surface area contributed by atoms with E-state index in [1.165, 1.54) is 38.5 Å². The zero-order valence-electron chi connectivity index (χ0n) is 15.2. The minimum absolute atomic E-state index is 0.872. The molecule has 0 atom stereocenters. The van der Waals surface area contributed by atoms with E-state index in [2.05, 4.69) is 90.4 Å². The molecule has 1 N–H and O–H groups in total. The fraction of sp³-hybridized carbons (Fsp3) is 0.273. The normalized spacial score (nSPS) is 11.5. The van der Waals surface area contributed by atoms with Crippen LogP contribution in [-0.4, -0.2) is 16.7 Å². The molecule has 0 amide bonds. The monoisotopic (exact) mass is 331 g/mol. The molecule has 0 bridgehead atoms. The fourth-order valence-electron chi connectivity index (χ4n) is 3.90. The van der Waals surface area contributed by atoms with E-state index < -0.39 is 0 Å². The van der Waals surface area contributed by atoms with E-state index in [4.69, 9.17) is 0 Å². The Labute approximate surface area is 148 Å². The lowest BCUT2D eigenvalue weighted by atomic mass is 10.0. The lowest BCUT2D eigenvalue weighted by molar-refractivity contribution is 0.672. The van der Waals surface area contributed by atoms with Crippen molar-refractivity contribution in [3.05, 3.63) is 71.5 Å². The number of fused-ring (bicyclic) bond motifs is 2. The Morgan fingerprint density at radius 3 is 2.48 bits per heavy atom. The van der Waals surface area contributed by atoms with Gasteiger partial charge < -0.3 is 9.99 Å². The maximum absolute atomic E-state index is 3.43. The number of hydrogen-bond donors (Lipinski definition) is 1. The van der Waals surface area contributed by atoms with Gasteiger partial charge in [-0.3, -0.25) is 4.68 Å². The zero-order chi connectivity index (χ0) is 17.4. The molecule has 0 aliphatic heterocycles. The molecule has 25 heavy (non-hydrogen) atoms. The lowest BCUT2D eigenvalue weighted by Gasteiger charge is -2.22. The number of aryl methyl sites for hydroxylation is 2. The van der Waals surface area contributed by atoms with Gasteiger partial charge in [-0.05, 0) is 47.7 Å². The molecular weight excluding hydrogens is 306 g/mol. The van der Waals surface area contributed by atoms with Crippen LogP contribution in [0.4, 0.5) is 0 Å². The third kappa shape index (κ3) is 2.60. The van der Waals surface area contributed by atoms with Gasteiger partial charge in [0.2, 0.25) is 0 Å². The molecule has 4 rings (SSSR count). The first kappa shape index (κ1) is 15.8. The van der Waals surface area contributed by atoms with Crippen LogP contribution in [0.3, 0.4) is 0 Å². The molecule has 0 unspecified atom stereocenters. The third-order valence-corrected chi connectivity index (χ3v) is 5.21. The second-order valence-electron chi connectivity index (χ2n) is 6.69. The van der Waals surface area contributed by atoms with Gasteiger partial charge in [-0.2, -0.15) is 0 Å². The number of benzene rings is 2. The van der Waals surface area contributed by atoms with Gasteiger partial charge in [0.15, 0.2) is 0 Å². The summed E-state index contributed by atoms with van der Waals surface area (Å²) >= 11 is 0. The molecule has 0 fully saturated rings. The number of nitrogens with one attached hydrogen (secondary N) is 1. The van der Waals surface area contributed by atoms with E-state index in [0.717, 1.165) is 19.4 Å². The predicted molar refractivity (Wildman–Crippen MR) is 107 cm³/mol. The highest BCUT2D eigenvalue weighted by Gasteiger charge is 2.12. The molecule has 2 aromatic heterocycles. The Morgan fingerprint density at radius 1 is 0.920 bits per heavy atom. The van der Waals surface area contributed by atoms with Crippen molar-refractivity contribution in [3.8, 4) is 0 Å². The molecule has 3 heteroatoms. The van der Waals surface area contributed by atoms with Crippen LogP contribution in [0.15, 0.2) is 54.9 Å². The minimum atomic E-state index is 0.872. The second-order valence-corrected chi connectivity index (χ2v) is 6.69. The van der Waals surface area contributed by atoms with Crippen molar-refractivity contribution in [2.75, 3.05) is 12.1 Å². The molecule has 0 spiro atoms. The van der Waals surface area contributed by atoms with Gasteiger partial charge in [0.25, 0.3) is 0 Å². The Morgan fingerprint density at radius 2 is 1.68 bits per heavy atom. The zero-order valence-corrected chi connectivity index (χ0v) is 15.2. The largest absolute Gasteiger partial charge is 0.361 e. The average molecular weight is 331 g/mol. The summed E-state index contributed by atoms with van der Waals surface area (Å²) in [6, 6.07) is 15.4. The lowest BCUT2D eigenvalue weighted by Crippen LogP contribution is -2.28. The Kier molecular flexibility index (Phi) is 4.00. The summed E-state index contributed by atoms with van der Waals surface area (Å²) in [6.07, 6.45) is 6.45. The SMILES string of the molecule is CCc1cccc2c1ccn2N(C)Cc1c[nH]c2cccc(CC)c12. The van der Waals surface area contributed by atoms with Crippen LogP contribution in [0.25, 0.3) is 21.8 Å². The maximum atomic E-state index is 3.43. The number of aromatic amines is 1. The fourth-order valence-corrected chi connectivity index (χ4v) is 3.90. The van der Waals surface area contributed by atoms with E-state index in [0.29, 0.717) is 0 Å². The van der Waals surface area contributed by atoms with Crippen molar-refractivity contribution in [2.24, 2.45) is 0 Å². The summed E-state index contributed by atoms with van der Waals surface area (Å²) in [5, 5.41) is 5.02. The van der Waals surface area contributed by atoms with Crippen molar-refractivity contribution < 1.29 is 0 Å². The quantitative estimate of drug-likeness (QED) is 0.546. The summed E-state index contributed by atoms with van der Waals surface area (Å²) in [7, 11) is 2.16. The molecule has 0 radical (unpaired) electrons. The van der Waals surface area contributed by atoms with E-state index in [1.807, 2.05) is 0 Å². The van der Waals surface area contributed by atoms with Gasteiger partial charge in [0.1, 0.15) is 0 Å². The van der Waals surface area contributed by atoms with E-state index in [1.54, 1.807) is 0 Å². The van der Waals surface area contributed by atoms with E-state index in [-0.39, 0.29) is 0 Å². The Balaban J connectivity index is 1.73. The first-order valence-corrected chi connectivity index (χ1v) is 9.11. The molecule has 0 saturated carbocycles. The highest BCUT2D eigenvalue weighted by atomic mass is 15.5. The highest BCUT2D eigenvalue weighted by Crippen LogP contribution is 2.25. The summed E-state index contributed by atoms with van der Waals surface area (Å²) in [5.41, 5.74) is 6.67. The van der Waals surface area contributed by atoms with Crippen LogP contribution in [-0.2, 0) is 19.4 Å². The molecule has 2 aromatic carbocycles. The minimum Gasteiger partial charge on any atom is -0.361 e. The van der Waals surface area contributed by atoms with Gasteiger partial charge in [0.05, 0.1) is 12.1 Å². The maximum Gasteiger partial charge on any atom is 0.0697 e. The van der Waals surface area contributed by atoms with Crippen molar-refractivity contribution in [1.29, 1.82) is 0 Å². The van der Waals surface area contributed by atoms with Crippen molar-refractivity contribution in [2.45, 2.75) is 33.2 Å². The van der Waals surface area contributed by atoms with Crippen molar-refractivity contribution in [3.63, 3.8) is 0 Å². The smallest absolute Gasteiger partial charge is 0.0697 e. The number of hydrogen-bond acceptors (Lipinski definition) is 1. The highest BCUT2D eigenvalue weighted by molar-refractivity contribution is 5.87. The standard InChI is InChI=1S/C22H25N3/c1-4-16-8-7-11-21-19(16)12-13-25(21)24(3)15-18-14-23-20-10-6-9-17(5-2)22(18)20/h6-14,23H,4-5,15H2,1-3H3. The number of rotatable bonds is 5. The third-order valence-electron chi connectivity index (χ3n) is 5.21. The van der Waals surface area contributed by atoms with Crippen LogP contribution in [0.1, 0.15) is 30.5 Å². The van der Waals surface area contributed by atoms with Crippen LogP contribution in [0.2, 0.25) is 0 Å². The van der Waals surface area contributed by atoms with Crippen LogP contribution in [0, 0.1) is 0 Å². The molecule has 0 saturated heterocycles. The first-order valence-electron chi connectivity index (χ1n) is 9.11. The summed E-state index contributed by atoms with van der Waals surface area (Å²) < 4.78 is 2.27. The molecule has 2 heterocycles. The topological polar surface area (TPSA) is 24.0 Å². The van der Waals surface area contributed by atoms with Gasteiger partial charge in [-0.1, -0.05) is 38.1 Å². The summed E-state index contributed by atoms with van der Waals surface area (Å²) in [4.78, 5) is 3.43. The molecule has 4 aromatic rings. The van der Waals surface area contributed by atoms with Gasteiger partial charge in [-0.25, -0.2) is 0 Å². The van der Waals surface area contributed by atoms with Gasteiger partial charge in [0, 0.05) is 35.7 Å². The second kappa shape index (κ2) is 6.32. The summed E-state index contributed by atoms with van der Waals surface area (Å²) in [5.74, 6) is 0. The predicted octanol–water partition coefficient (Wildman–Crippen LogP) is 5.02. The molecular formula is C22H25N3. The van der Waals surface area contributed by atoms with Crippen LogP contribution in [0.5, 0.6) is 0 Å². The molecule has 0 aliphatic carbocycles. The number of nitrogens with zero attached hydrogens (tertiary/aromatic N) is 2. The van der Waals surface area contributed by atoms with Gasteiger partial charge in [-0.15, -0.1) is 0 Å². The number of aromatic nitrogens is 2. The number of H-pyrrole nitrogens is 1. The van der Waals surface area contributed by atoms with E-state index >= 15 is 0 Å². The summed E-state index contributed by atoms with van der Waals surface area (Å²) in [6.45, 7) is 5.31. The van der Waals surface area contributed by atoms with Crippen molar-refractivity contribution in [1.82, 2.24) is 9.66 Å². The Bertz CT molecular complexity index is 1020. The van der Waals surface area contributed by atoms with Gasteiger partial charge >= 0.3 is 0 Å².